The SMILES string of the molecule is CCOC(=O)C1=C(c2ccc(F)cc2)c2cccc3c2C(C)(C1)C(=O)n1c-3cc2ccccc21. The van der Waals surface area contributed by atoms with Gasteiger partial charge in [0.1, 0.15) is 5.82 Å². The molecule has 0 fully saturated rings. The summed E-state index contributed by atoms with van der Waals surface area (Å²) in [5.41, 5.74) is 5.29. The monoisotopic (exact) mass is 451 g/mol. The third-order valence-corrected chi connectivity index (χ3v) is 7.03. The van der Waals surface area contributed by atoms with Crippen molar-refractivity contribution in [3.05, 3.63) is 101 Å². The van der Waals surface area contributed by atoms with E-state index in [9.17, 15) is 14.0 Å². The van der Waals surface area contributed by atoms with Crippen LogP contribution in [0.4, 0.5) is 4.39 Å². The second kappa shape index (κ2) is 7.26. The number of esters is 1. The molecule has 34 heavy (non-hydrogen) atoms. The highest BCUT2D eigenvalue weighted by Gasteiger charge is 2.49. The normalized spacial score (nSPS) is 18.6. The topological polar surface area (TPSA) is 48.3 Å². The van der Waals surface area contributed by atoms with Crippen LogP contribution >= 0.6 is 0 Å². The molecule has 1 atom stereocenters. The lowest BCUT2D eigenvalue weighted by Crippen LogP contribution is -2.44. The van der Waals surface area contributed by atoms with Crippen molar-refractivity contribution in [1.29, 1.82) is 0 Å². The lowest BCUT2D eigenvalue weighted by molar-refractivity contribution is -0.138. The zero-order valence-corrected chi connectivity index (χ0v) is 18.9. The van der Waals surface area contributed by atoms with E-state index < -0.39 is 11.4 Å². The molecule has 1 unspecified atom stereocenters. The van der Waals surface area contributed by atoms with Gasteiger partial charge in [-0.05, 0) is 66.8 Å². The van der Waals surface area contributed by atoms with Crippen molar-refractivity contribution >= 4 is 28.4 Å². The smallest absolute Gasteiger partial charge is 0.334 e. The number of nitrogens with zero attached hydrogens (tertiary/aromatic N) is 1. The van der Waals surface area contributed by atoms with Gasteiger partial charge < -0.3 is 4.74 Å². The Bertz CT molecular complexity index is 1540. The number of ether oxygens (including phenoxy) is 1. The second-order valence-corrected chi connectivity index (χ2v) is 9.05. The first kappa shape index (κ1) is 20.6. The molecule has 4 nitrogen and oxygen atoms in total. The molecular formula is C29H22FNO3. The van der Waals surface area contributed by atoms with E-state index in [1.165, 1.54) is 12.1 Å². The number of hydrogen-bond acceptors (Lipinski definition) is 3. The molecule has 0 saturated carbocycles. The molecule has 1 aromatic heterocycles. The summed E-state index contributed by atoms with van der Waals surface area (Å²) in [6, 6.07) is 21.9. The van der Waals surface area contributed by atoms with Crippen LogP contribution in [0.3, 0.4) is 0 Å². The van der Waals surface area contributed by atoms with E-state index in [0.717, 1.165) is 38.9 Å². The van der Waals surface area contributed by atoms with E-state index in [2.05, 4.69) is 0 Å². The van der Waals surface area contributed by atoms with Crippen LogP contribution in [0.1, 0.15) is 41.8 Å². The number of carbonyl (C=O) groups is 2. The number of carbonyl (C=O) groups excluding carboxylic acids is 2. The first-order chi connectivity index (χ1) is 16.4. The van der Waals surface area contributed by atoms with E-state index in [-0.39, 0.29) is 24.8 Å². The maximum Gasteiger partial charge on any atom is 0.334 e. The molecule has 2 heterocycles. The Balaban J connectivity index is 1.70. The number of para-hydroxylation sites is 1. The minimum Gasteiger partial charge on any atom is -0.463 e. The Labute approximate surface area is 196 Å². The van der Waals surface area contributed by atoms with Crippen molar-refractivity contribution in [1.82, 2.24) is 4.57 Å². The predicted octanol–water partition coefficient (Wildman–Crippen LogP) is 6.13. The summed E-state index contributed by atoms with van der Waals surface area (Å²) < 4.78 is 21.0. The molecule has 0 saturated heterocycles. The van der Waals surface area contributed by atoms with Crippen molar-refractivity contribution < 1.29 is 18.7 Å². The summed E-state index contributed by atoms with van der Waals surface area (Å²) in [6.07, 6.45) is 0.202. The molecular weight excluding hydrogens is 429 g/mol. The Hall–Kier alpha value is -3.99. The Morgan fingerprint density at radius 2 is 1.76 bits per heavy atom. The summed E-state index contributed by atoms with van der Waals surface area (Å²) >= 11 is 0. The zero-order valence-electron chi connectivity index (χ0n) is 18.9. The molecule has 2 aliphatic rings. The number of aromatic nitrogens is 1. The van der Waals surface area contributed by atoms with Crippen LogP contribution in [-0.4, -0.2) is 23.1 Å². The molecule has 0 N–H and O–H groups in total. The minimum atomic E-state index is -0.952. The first-order valence-electron chi connectivity index (χ1n) is 11.4. The Kier molecular flexibility index (Phi) is 4.40. The van der Waals surface area contributed by atoms with Crippen LogP contribution in [0.2, 0.25) is 0 Å². The van der Waals surface area contributed by atoms with Gasteiger partial charge in [0.2, 0.25) is 5.91 Å². The minimum absolute atomic E-state index is 0.0661. The van der Waals surface area contributed by atoms with Crippen LogP contribution in [-0.2, 0) is 14.9 Å². The van der Waals surface area contributed by atoms with E-state index in [0.29, 0.717) is 11.1 Å². The largest absolute Gasteiger partial charge is 0.463 e. The lowest BCUT2D eigenvalue weighted by atomic mass is 9.64. The Morgan fingerprint density at radius 3 is 2.53 bits per heavy atom. The van der Waals surface area contributed by atoms with Gasteiger partial charge >= 0.3 is 5.97 Å². The van der Waals surface area contributed by atoms with Crippen LogP contribution in [0.25, 0.3) is 27.7 Å². The summed E-state index contributed by atoms with van der Waals surface area (Å²) in [5, 5.41) is 0.989. The van der Waals surface area contributed by atoms with Gasteiger partial charge in [0.15, 0.2) is 0 Å². The van der Waals surface area contributed by atoms with Crippen LogP contribution in [0, 0.1) is 5.82 Å². The van der Waals surface area contributed by atoms with Crippen molar-refractivity contribution in [2.24, 2.45) is 0 Å². The lowest BCUT2D eigenvalue weighted by Gasteiger charge is -2.41. The summed E-state index contributed by atoms with van der Waals surface area (Å²) in [6.45, 7) is 3.90. The van der Waals surface area contributed by atoms with Gasteiger partial charge in [0.25, 0.3) is 0 Å². The molecule has 1 aliphatic heterocycles. The summed E-state index contributed by atoms with van der Waals surface area (Å²) in [4.78, 5) is 27.4. The van der Waals surface area contributed by atoms with Crippen molar-refractivity contribution in [3.63, 3.8) is 0 Å². The number of halogens is 1. The molecule has 5 heteroatoms. The van der Waals surface area contributed by atoms with Gasteiger partial charge in [0.05, 0.1) is 23.2 Å². The average Bonchev–Trinajstić information content (AvgIpc) is 3.23. The molecule has 3 aromatic carbocycles. The fourth-order valence-electron chi connectivity index (χ4n) is 5.60. The molecule has 0 bridgehead atoms. The van der Waals surface area contributed by atoms with Gasteiger partial charge in [-0.1, -0.05) is 48.5 Å². The third-order valence-electron chi connectivity index (χ3n) is 7.03. The van der Waals surface area contributed by atoms with Crippen molar-refractivity contribution in [2.75, 3.05) is 6.61 Å². The van der Waals surface area contributed by atoms with Gasteiger partial charge in [0, 0.05) is 16.5 Å². The molecule has 0 radical (unpaired) electrons. The predicted molar refractivity (Wildman–Crippen MR) is 129 cm³/mol. The number of benzene rings is 3. The highest BCUT2D eigenvalue weighted by molar-refractivity contribution is 6.12. The van der Waals surface area contributed by atoms with Crippen LogP contribution < -0.4 is 0 Å². The van der Waals surface area contributed by atoms with E-state index in [1.54, 1.807) is 23.6 Å². The van der Waals surface area contributed by atoms with Gasteiger partial charge in [-0.3, -0.25) is 9.36 Å². The fourth-order valence-corrected chi connectivity index (χ4v) is 5.60. The molecule has 6 rings (SSSR count). The molecule has 168 valence electrons. The first-order valence-corrected chi connectivity index (χ1v) is 11.4. The van der Waals surface area contributed by atoms with Crippen molar-refractivity contribution in [2.45, 2.75) is 25.7 Å². The number of rotatable bonds is 3. The highest BCUT2D eigenvalue weighted by Crippen LogP contribution is 2.53. The molecule has 0 amide bonds. The van der Waals surface area contributed by atoms with Crippen LogP contribution in [0.15, 0.2) is 78.4 Å². The van der Waals surface area contributed by atoms with Gasteiger partial charge in [-0.25, -0.2) is 9.18 Å². The summed E-state index contributed by atoms with van der Waals surface area (Å²) in [7, 11) is 0. The summed E-state index contributed by atoms with van der Waals surface area (Å²) in [5.74, 6) is -0.865. The van der Waals surface area contributed by atoms with Gasteiger partial charge in [-0.15, -0.1) is 0 Å². The van der Waals surface area contributed by atoms with E-state index in [1.807, 2.05) is 55.5 Å². The van der Waals surface area contributed by atoms with Crippen molar-refractivity contribution in [3.8, 4) is 11.3 Å². The number of fused-ring (bicyclic) bond motifs is 4. The maximum absolute atomic E-state index is 14.1. The quantitative estimate of drug-likeness (QED) is 0.352. The fraction of sp³-hybridized carbons (Fsp3) is 0.172. The maximum atomic E-state index is 14.1. The van der Waals surface area contributed by atoms with E-state index >= 15 is 0 Å². The van der Waals surface area contributed by atoms with E-state index in [4.69, 9.17) is 4.74 Å². The number of hydrogen-bond donors (Lipinski definition) is 0. The van der Waals surface area contributed by atoms with Crippen LogP contribution in [0.5, 0.6) is 0 Å². The highest BCUT2D eigenvalue weighted by atomic mass is 19.1. The zero-order chi connectivity index (χ0) is 23.6. The standard InChI is InChI=1S/C29H22FNO3/c1-3-34-27(32)22-16-29(2)26-20(24-15-18-7-4-5-10-23(18)31(24)28(29)33)8-6-9-21(26)25(22)17-11-13-19(30)14-12-17/h4-15H,3,16H2,1-2H3. The average molecular weight is 451 g/mol. The Morgan fingerprint density at radius 1 is 1.03 bits per heavy atom. The molecule has 4 aromatic rings. The molecule has 0 spiro atoms. The molecule has 1 aliphatic carbocycles. The third kappa shape index (κ3) is 2.70. The van der Waals surface area contributed by atoms with Gasteiger partial charge in [-0.2, -0.15) is 0 Å². The second-order valence-electron chi connectivity index (χ2n) is 9.05.